The molecule has 1 saturated heterocycles. The normalized spacial score (nSPS) is 21.0. The second kappa shape index (κ2) is 7.23. The van der Waals surface area contributed by atoms with Crippen LogP contribution in [0.5, 0.6) is 0 Å². The maximum atomic E-state index is 13.1. The van der Waals surface area contributed by atoms with Gasteiger partial charge in [0, 0.05) is 50.3 Å². The first-order chi connectivity index (χ1) is 12.7. The lowest BCUT2D eigenvalue weighted by Gasteiger charge is -2.29. The number of hydrogen-bond donors (Lipinski definition) is 1. The van der Waals surface area contributed by atoms with Crippen molar-refractivity contribution in [2.24, 2.45) is 5.41 Å². The smallest absolute Gasteiger partial charge is 0.225 e. The van der Waals surface area contributed by atoms with Crippen LogP contribution in [0.15, 0.2) is 30.9 Å². The van der Waals surface area contributed by atoms with Gasteiger partial charge in [-0.15, -0.1) is 0 Å². The van der Waals surface area contributed by atoms with E-state index >= 15 is 0 Å². The molecule has 1 amide bonds. The number of aryl methyl sites for hydroxylation is 2. The summed E-state index contributed by atoms with van der Waals surface area (Å²) >= 11 is 0. The number of aromatic nitrogens is 4. The van der Waals surface area contributed by atoms with E-state index in [1.165, 1.54) is 12.8 Å². The lowest BCUT2D eigenvalue weighted by atomic mass is 9.93. The summed E-state index contributed by atoms with van der Waals surface area (Å²) in [4.78, 5) is 19.7. The largest absolute Gasteiger partial charge is 0.334 e. The summed E-state index contributed by atoms with van der Waals surface area (Å²) in [6.45, 7) is 6.36. The van der Waals surface area contributed by atoms with Crippen molar-refractivity contribution in [3.05, 3.63) is 36.7 Å². The number of nitrogens with zero attached hydrogens (tertiary/aromatic N) is 5. The zero-order valence-electron chi connectivity index (χ0n) is 15.5. The van der Waals surface area contributed by atoms with E-state index in [9.17, 15) is 4.79 Å². The molecule has 1 N–H and O–H groups in total. The van der Waals surface area contributed by atoms with E-state index in [-0.39, 0.29) is 5.91 Å². The van der Waals surface area contributed by atoms with Crippen LogP contribution in [0.1, 0.15) is 38.4 Å². The quantitative estimate of drug-likeness (QED) is 0.819. The van der Waals surface area contributed by atoms with E-state index in [0.29, 0.717) is 31.0 Å². The van der Waals surface area contributed by atoms with Crippen LogP contribution in [0.25, 0.3) is 0 Å². The number of nitrogens with one attached hydrogen (secondary N) is 1. The number of amides is 1. The molecule has 26 heavy (non-hydrogen) atoms. The van der Waals surface area contributed by atoms with Gasteiger partial charge in [-0.2, -0.15) is 5.10 Å². The molecule has 140 valence electrons. The van der Waals surface area contributed by atoms with Gasteiger partial charge in [-0.3, -0.25) is 9.48 Å². The molecule has 2 aromatic heterocycles. The van der Waals surface area contributed by atoms with Gasteiger partial charge < -0.3 is 14.8 Å². The minimum absolute atomic E-state index is 0.214. The number of imidazole rings is 1. The Balaban J connectivity index is 1.48. The van der Waals surface area contributed by atoms with Crippen LogP contribution in [0, 0.1) is 5.41 Å². The van der Waals surface area contributed by atoms with Crippen molar-refractivity contribution in [3.8, 4) is 0 Å². The van der Waals surface area contributed by atoms with Crippen LogP contribution in [-0.2, 0) is 24.4 Å². The third-order valence-corrected chi connectivity index (χ3v) is 6.01. The molecule has 0 bridgehead atoms. The molecule has 3 heterocycles. The Morgan fingerprint density at radius 1 is 1.35 bits per heavy atom. The molecule has 7 nitrogen and oxygen atoms in total. The predicted octanol–water partition coefficient (Wildman–Crippen LogP) is 1.66. The molecular formula is C19H28N6O. The van der Waals surface area contributed by atoms with Crippen molar-refractivity contribution in [1.29, 1.82) is 0 Å². The molecular weight excluding hydrogens is 328 g/mol. The summed E-state index contributed by atoms with van der Waals surface area (Å²) in [5.74, 6) is 1.20. The highest BCUT2D eigenvalue weighted by Gasteiger charge is 2.57. The molecule has 2 aromatic rings. The van der Waals surface area contributed by atoms with Crippen molar-refractivity contribution in [2.75, 3.05) is 13.1 Å². The van der Waals surface area contributed by atoms with E-state index in [2.05, 4.69) is 31.8 Å². The van der Waals surface area contributed by atoms with Crippen molar-refractivity contribution in [1.82, 2.24) is 29.5 Å². The topological polar surface area (TPSA) is 68.0 Å². The molecule has 1 aliphatic heterocycles. The predicted molar refractivity (Wildman–Crippen MR) is 98.2 cm³/mol. The average Bonchev–Trinajstić information content (AvgIpc) is 3.06. The zero-order valence-corrected chi connectivity index (χ0v) is 15.5. The zero-order chi connectivity index (χ0) is 18.0. The Morgan fingerprint density at radius 2 is 2.19 bits per heavy atom. The lowest BCUT2D eigenvalue weighted by molar-refractivity contribution is -0.133. The molecule has 1 unspecified atom stereocenters. The van der Waals surface area contributed by atoms with Crippen LogP contribution >= 0.6 is 0 Å². The van der Waals surface area contributed by atoms with Crippen LogP contribution in [-0.4, -0.2) is 49.3 Å². The minimum Gasteiger partial charge on any atom is -0.334 e. The number of piperidine rings is 1. The average molecular weight is 356 g/mol. The first-order valence-corrected chi connectivity index (χ1v) is 9.69. The van der Waals surface area contributed by atoms with Gasteiger partial charge >= 0.3 is 0 Å². The number of carbonyl (C=O) groups is 1. The van der Waals surface area contributed by atoms with E-state index < -0.39 is 0 Å². The molecule has 1 saturated carbocycles. The Hall–Kier alpha value is -2.15. The fourth-order valence-corrected chi connectivity index (χ4v) is 4.32. The van der Waals surface area contributed by atoms with Gasteiger partial charge in [-0.05, 0) is 50.8 Å². The summed E-state index contributed by atoms with van der Waals surface area (Å²) in [6.07, 6.45) is 11.4. The summed E-state index contributed by atoms with van der Waals surface area (Å²) in [5.41, 5.74) is 0.330. The van der Waals surface area contributed by atoms with Gasteiger partial charge in [0.25, 0.3) is 0 Å². The lowest BCUT2D eigenvalue weighted by Crippen LogP contribution is -2.40. The summed E-state index contributed by atoms with van der Waals surface area (Å²) in [7, 11) is 0. The molecule has 7 heteroatoms. The number of rotatable bonds is 7. The number of carbonyl (C=O) groups excluding carboxylic acids is 1. The standard InChI is InChI=1S/C19H28N6O/c1-2-23-13-10-21-17(23)15-25(16-14-19(16)5-8-20-9-6-19)18(26)4-12-24-11-3-7-22-24/h3,7,10-11,13,16,20H,2,4-6,8-9,12,14-15H2,1H3. The Morgan fingerprint density at radius 3 is 2.92 bits per heavy atom. The van der Waals surface area contributed by atoms with E-state index in [1.54, 1.807) is 6.20 Å². The van der Waals surface area contributed by atoms with Crippen LogP contribution in [0.4, 0.5) is 0 Å². The Labute approximate surface area is 154 Å². The van der Waals surface area contributed by atoms with Gasteiger partial charge in [0.1, 0.15) is 5.82 Å². The van der Waals surface area contributed by atoms with Crippen LogP contribution in [0.2, 0.25) is 0 Å². The first-order valence-electron chi connectivity index (χ1n) is 9.69. The van der Waals surface area contributed by atoms with Gasteiger partial charge in [-0.1, -0.05) is 0 Å². The fourth-order valence-electron chi connectivity index (χ4n) is 4.32. The maximum Gasteiger partial charge on any atom is 0.225 e. The molecule has 2 aliphatic rings. The molecule has 1 aliphatic carbocycles. The van der Waals surface area contributed by atoms with E-state index in [0.717, 1.165) is 31.9 Å². The van der Waals surface area contributed by atoms with Crippen molar-refractivity contribution in [2.45, 2.75) is 58.3 Å². The minimum atomic E-state index is 0.214. The number of hydrogen-bond acceptors (Lipinski definition) is 4. The highest BCUT2D eigenvalue weighted by molar-refractivity contribution is 5.77. The third kappa shape index (κ3) is 3.40. The summed E-state index contributed by atoms with van der Waals surface area (Å²) in [6, 6.07) is 2.25. The first kappa shape index (κ1) is 17.3. The van der Waals surface area contributed by atoms with Gasteiger partial charge in [0.2, 0.25) is 5.91 Å². The van der Waals surface area contributed by atoms with Crippen LogP contribution in [0.3, 0.4) is 0 Å². The van der Waals surface area contributed by atoms with Gasteiger partial charge in [0.15, 0.2) is 0 Å². The van der Waals surface area contributed by atoms with Crippen molar-refractivity contribution in [3.63, 3.8) is 0 Å². The van der Waals surface area contributed by atoms with Gasteiger partial charge in [0.05, 0.1) is 6.54 Å². The third-order valence-electron chi connectivity index (χ3n) is 6.01. The molecule has 2 fully saturated rings. The van der Waals surface area contributed by atoms with Crippen molar-refractivity contribution >= 4 is 5.91 Å². The molecule has 4 rings (SSSR count). The fraction of sp³-hybridized carbons (Fsp3) is 0.632. The summed E-state index contributed by atoms with van der Waals surface area (Å²) < 4.78 is 3.96. The van der Waals surface area contributed by atoms with Crippen LogP contribution < -0.4 is 5.32 Å². The second-order valence-corrected chi connectivity index (χ2v) is 7.50. The second-order valence-electron chi connectivity index (χ2n) is 7.50. The molecule has 0 aromatic carbocycles. The highest BCUT2D eigenvalue weighted by Crippen LogP contribution is 2.56. The molecule has 1 atom stereocenters. The van der Waals surface area contributed by atoms with Crippen molar-refractivity contribution < 1.29 is 4.79 Å². The Bertz CT molecular complexity index is 731. The van der Waals surface area contributed by atoms with E-state index in [1.807, 2.05) is 29.3 Å². The monoisotopic (exact) mass is 356 g/mol. The Kier molecular flexibility index (Phi) is 4.80. The van der Waals surface area contributed by atoms with Gasteiger partial charge in [-0.25, -0.2) is 4.98 Å². The maximum absolute atomic E-state index is 13.1. The van der Waals surface area contributed by atoms with E-state index in [4.69, 9.17) is 0 Å². The molecule has 0 radical (unpaired) electrons. The SMILES string of the molecule is CCn1ccnc1CN(C(=O)CCn1cccn1)C1CC12CCNCC2. The highest BCUT2D eigenvalue weighted by atomic mass is 16.2. The molecule has 1 spiro atoms. The summed E-state index contributed by atoms with van der Waals surface area (Å²) in [5, 5.41) is 7.66.